The number of aliphatic imine (C=N–C) groups is 1. The number of fused-ring (bicyclic) bond motifs is 1. The van der Waals surface area contributed by atoms with Crippen LogP contribution in [0.2, 0.25) is 5.02 Å². The Morgan fingerprint density at radius 1 is 1.35 bits per heavy atom. The van der Waals surface area contributed by atoms with Gasteiger partial charge in [0.2, 0.25) is 5.96 Å². The molecule has 0 fully saturated rings. The summed E-state index contributed by atoms with van der Waals surface area (Å²) in [4.78, 5) is 8.70. The molecule has 0 saturated carbocycles. The van der Waals surface area contributed by atoms with E-state index in [1.54, 1.807) is 6.19 Å². The van der Waals surface area contributed by atoms with Crippen LogP contribution in [-0.2, 0) is 0 Å². The van der Waals surface area contributed by atoms with Crippen LogP contribution >= 0.6 is 27.5 Å². The zero-order valence-electron chi connectivity index (χ0n) is 13.4. The maximum absolute atomic E-state index is 9.34. The molecular weight excluding hydrogens is 420 g/mol. The molecule has 10 heteroatoms. The van der Waals surface area contributed by atoms with Gasteiger partial charge in [-0.15, -0.1) is 0 Å². The van der Waals surface area contributed by atoms with Crippen molar-refractivity contribution in [2.45, 2.75) is 13.0 Å². The fourth-order valence-electron chi connectivity index (χ4n) is 2.76. The van der Waals surface area contributed by atoms with Gasteiger partial charge in [-0.25, -0.2) is 9.98 Å². The molecule has 1 aliphatic heterocycles. The molecule has 130 valence electrons. The predicted octanol–water partition coefficient (Wildman–Crippen LogP) is 2.78. The van der Waals surface area contributed by atoms with E-state index in [1.807, 2.05) is 25.1 Å². The van der Waals surface area contributed by atoms with Crippen LogP contribution in [0.25, 0.3) is 0 Å². The van der Waals surface area contributed by atoms with Gasteiger partial charge in [0, 0.05) is 15.6 Å². The highest BCUT2D eigenvalue weighted by molar-refractivity contribution is 9.10. The molecular formula is C16H12BrClN8. The number of aromatic nitrogens is 1. The number of benzene rings is 1. The maximum atomic E-state index is 9.34. The van der Waals surface area contributed by atoms with E-state index in [0.717, 1.165) is 5.56 Å². The Kier molecular flexibility index (Phi) is 4.60. The maximum Gasteiger partial charge on any atom is 0.211 e. The predicted molar refractivity (Wildman–Crippen MR) is 103 cm³/mol. The summed E-state index contributed by atoms with van der Waals surface area (Å²) in [7, 11) is 0. The molecule has 1 unspecified atom stereocenters. The van der Waals surface area contributed by atoms with E-state index in [2.05, 4.69) is 36.5 Å². The number of nitrogen functional groups attached to an aromatic ring is 2. The number of nitriles is 2. The molecule has 2 aromatic rings. The lowest BCUT2D eigenvalue weighted by molar-refractivity contribution is 0.844. The quantitative estimate of drug-likeness (QED) is 0.400. The number of halogens is 2. The van der Waals surface area contributed by atoms with Crippen molar-refractivity contribution in [2.75, 3.05) is 16.8 Å². The number of pyridine rings is 1. The van der Waals surface area contributed by atoms with E-state index in [1.165, 1.54) is 0 Å². The number of nitrogens with two attached hydrogens (primary N) is 2. The lowest BCUT2D eigenvalue weighted by Crippen LogP contribution is -2.32. The van der Waals surface area contributed by atoms with Gasteiger partial charge < -0.3 is 16.8 Å². The first-order valence-corrected chi connectivity index (χ1v) is 8.48. The molecule has 2 heterocycles. The fourth-order valence-corrected chi connectivity index (χ4v) is 3.56. The van der Waals surface area contributed by atoms with E-state index < -0.39 is 6.04 Å². The number of rotatable bonds is 1. The average molecular weight is 432 g/mol. The van der Waals surface area contributed by atoms with Crippen LogP contribution in [0.4, 0.5) is 17.3 Å². The molecule has 1 aliphatic rings. The van der Waals surface area contributed by atoms with Crippen molar-refractivity contribution < 1.29 is 0 Å². The molecule has 0 saturated heterocycles. The highest BCUT2D eigenvalue weighted by atomic mass is 79.9. The Labute approximate surface area is 162 Å². The molecule has 6 N–H and O–H groups in total. The van der Waals surface area contributed by atoms with Crippen LogP contribution in [-0.4, -0.2) is 10.9 Å². The number of nitrogens with zero attached hydrogens (tertiary/aromatic N) is 4. The molecule has 0 bridgehead atoms. The first kappa shape index (κ1) is 17.8. The first-order chi connectivity index (χ1) is 12.4. The van der Waals surface area contributed by atoms with Gasteiger partial charge in [-0.2, -0.15) is 10.5 Å². The molecule has 8 nitrogen and oxygen atoms in total. The van der Waals surface area contributed by atoms with Crippen LogP contribution < -0.4 is 22.1 Å². The topological polar surface area (TPSA) is 149 Å². The second-order valence-corrected chi connectivity index (χ2v) is 6.78. The molecule has 0 aliphatic carbocycles. The highest BCUT2D eigenvalue weighted by Gasteiger charge is 2.31. The molecule has 1 aromatic carbocycles. The number of hydrogen-bond donors (Lipinski definition) is 4. The van der Waals surface area contributed by atoms with Crippen molar-refractivity contribution in [1.82, 2.24) is 10.3 Å². The minimum atomic E-state index is -0.675. The second kappa shape index (κ2) is 6.71. The van der Waals surface area contributed by atoms with Gasteiger partial charge >= 0.3 is 0 Å². The Morgan fingerprint density at radius 3 is 2.73 bits per heavy atom. The standard InChI is InChI=1S/C16H12BrClN8/c1-6-2-7(11(18)9(17)3-6)13-10-12(21)8(4-19)14(22)25-15(10)26-16(24-13)23-5-20/h2-3,13H,1H3,(H6,21,22,23,24,25,26). The lowest BCUT2D eigenvalue weighted by Gasteiger charge is -2.27. The number of guanidine groups is 1. The van der Waals surface area contributed by atoms with Crippen molar-refractivity contribution in [3.8, 4) is 12.3 Å². The van der Waals surface area contributed by atoms with Gasteiger partial charge in [0.15, 0.2) is 6.19 Å². The van der Waals surface area contributed by atoms with E-state index >= 15 is 0 Å². The molecule has 1 atom stereocenters. The summed E-state index contributed by atoms with van der Waals surface area (Å²) >= 11 is 9.90. The minimum Gasteiger partial charge on any atom is -0.397 e. The summed E-state index contributed by atoms with van der Waals surface area (Å²) in [6, 6.07) is 5.02. The minimum absolute atomic E-state index is 0.00951. The molecule has 3 rings (SSSR count). The number of aryl methyl sites for hydroxylation is 1. The highest BCUT2D eigenvalue weighted by Crippen LogP contribution is 2.44. The summed E-state index contributed by atoms with van der Waals surface area (Å²) in [6.07, 6.45) is 1.80. The van der Waals surface area contributed by atoms with Crippen LogP contribution in [0.15, 0.2) is 21.6 Å². The van der Waals surface area contributed by atoms with Gasteiger partial charge in [0.05, 0.1) is 10.7 Å². The van der Waals surface area contributed by atoms with E-state index in [0.29, 0.717) is 26.4 Å². The zero-order chi connectivity index (χ0) is 19.0. The molecule has 0 radical (unpaired) electrons. The number of hydrogen-bond acceptors (Lipinski definition) is 8. The van der Waals surface area contributed by atoms with Crippen molar-refractivity contribution in [3.63, 3.8) is 0 Å². The Bertz CT molecular complexity index is 1030. The molecule has 0 spiro atoms. The van der Waals surface area contributed by atoms with Gasteiger partial charge in [0.25, 0.3) is 0 Å². The summed E-state index contributed by atoms with van der Waals surface area (Å²) in [6.45, 7) is 1.91. The Hall–Kier alpha value is -3.01. The van der Waals surface area contributed by atoms with Gasteiger partial charge in [-0.3, -0.25) is 5.32 Å². The molecule has 0 amide bonds. The van der Waals surface area contributed by atoms with Crippen LogP contribution in [0, 0.1) is 29.7 Å². The SMILES string of the molecule is Cc1cc(Br)c(Cl)c(C2N=C(NC#N)Nc3nc(N)c(C#N)c(N)c32)c1. The lowest BCUT2D eigenvalue weighted by atomic mass is 9.94. The summed E-state index contributed by atoms with van der Waals surface area (Å²) in [5.74, 6) is 0.477. The van der Waals surface area contributed by atoms with E-state index in [9.17, 15) is 5.26 Å². The monoisotopic (exact) mass is 430 g/mol. The van der Waals surface area contributed by atoms with Crippen LogP contribution in [0.5, 0.6) is 0 Å². The number of anilines is 3. The van der Waals surface area contributed by atoms with E-state index in [4.69, 9.17) is 28.3 Å². The Morgan fingerprint density at radius 2 is 2.08 bits per heavy atom. The van der Waals surface area contributed by atoms with Crippen molar-refractivity contribution in [3.05, 3.63) is 43.9 Å². The van der Waals surface area contributed by atoms with Crippen LogP contribution in [0.3, 0.4) is 0 Å². The molecule has 1 aromatic heterocycles. The first-order valence-electron chi connectivity index (χ1n) is 7.31. The smallest absolute Gasteiger partial charge is 0.211 e. The van der Waals surface area contributed by atoms with Crippen molar-refractivity contribution >= 4 is 50.8 Å². The third-order valence-electron chi connectivity index (χ3n) is 3.85. The second-order valence-electron chi connectivity index (χ2n) is 5.55. The van der Waals surface area contributed by atoms with Crippen LogP contribution in [0.1, 0.15) is 28.3 Å². The summed E-state index contributed by atoms with van der Waals surface area (Å²) < 4.78 is 0.696. The summed E-state index contributed by atoms with van der Waals surface area (Å²) in [5.41, 5.74) is 14.3. The third-order valence-corrected chi connectivity index (χ3v) is 5.13. The summed E-state index contributed by atoms with van der Waals surface area (Å²) in [5, 5.41) is 24.0. The van der Waals surface area contributed by atoms with Gasteiger partial charge in [-0.05, 0) is 34.5 Å². The normalized spacial score (nSPS) is 15.1. The number of nitrogens with one attached hydrogen (secondary N) is 2. The Balaban J connectivity index is 2.32. The third kappa shape index (κ3) is 2.88. The fraction of sp³-hybridized carbons (Fsp3) is 0.125. The largest absolute Gasteiger partial charge is 0.397 e. The van der Waals surface area contributed by atoms with Crippen molar-refractivity contribution in [1.29, 1.82) is 10.5 Å². The molecule has 26 heavy (non-hydrogen) atoms. The average Bonchev–Trinajstić information content (AvgIpc) is 2.58. The zero-order valence-corrected chi connectivity index (χ0v) is 15.8. The van der Waals surface area contributed by atoms with E-state index in [-0.39, 0.29) is 23.0 Å². The van der Waals surface area contributed by atoms with Crippen molar-refractivity contribution in [2.24, 2.45) is 4.99 Å². The van der Waals surface area contributed by atoms with Gasteiger partial charge in [-0.1, -0.05) is 17.7 Å². The van der Waals surface area contributed by atoms with Gasteiger partial charge in [0.1, 0.15) is 29.3 Å².